The number of hydrogen-bond donors (Lipinski definition) is 0. The van der Waals surface area contributed by atoms with Crippen molar-refractivity contribution >= 4 is 33.3 Å². The Labute approximate surface area is 201 Å². The number of hydrogen-bond acceptors (Lipinski definition) is 6. The second-order valence-corrected chi connectivity index (χ2v) is 9.48. The van der Waals surface area contributed by atoms with Crippen molar-refractivity contribution in [2.45, 2.75) is 39.7 Å². The smallest absolute Gasteiger partial charge is 0.348 e. The van der Waals surface area contributed by atoms with E-state index in [0.717, 1.165) is 22.5 Å². The first-order chi connectivity index (χ1) is 16.3. The Kier molecular flexibility index (Phi) is 7.03. The average molecular weight is 475 g/mol. The number of aryl methyl sites for hydroxylation is 1. The summed E-state index contributed by atoms with van der Waals surface area (Å²) in [6.07, 6.45) is 1.98. The highest BCUT2D eigenvalue weighted by Crippen LogP contribution is 2.27. The largest absolute Gasteiger partial charge is 0.461 e. The number of esters is 1. The van der Waals surface area contributed by atoms with Crippen LogP contribution < -0.4 is 5.56 Å². The minimum Gasteiger partial charge on any atom is -0.461 e. The van der Waals surface area contributed by atoms with Crippen LogP contribution in [0.4, 0.5) is 0 Å². The van der Waals surface area contributed by atoms with Gasteiger partial charge in [-0.3, -0.25) is 14.2 Å². The third kappa shape index (κ3) is 4.99. The minimum absolute atomic E-state index is 0.116. The summed E-state index contributed by atoms with van der Waals surface area (Å²) in [4.78, 5) is 43.7. The predicted molar refractivity (Wildman–Crippen MR) is 134 cm³/mol. The summed E-state index contributed by atoms with van der Waals surface area (Å²) in [5.41, 5.74) is 2.96. The van der Waals surface area contributed by atoms with Crippen molar-refractivity contribution in [3.63, 3.8) is 0 Å². The van der Waals surface area contributed by atoms with Crippen LogP contribution in [0.25, 0.3) is 10.2 Å². The summed E-state index contributed by atoms with van der Waals surface area (Å²) in [6, 6.07) is 17.2. The van der Waals surface area contributed by atoms with Gasteiger partial charge in [0.15, 0.2) is 5.78 Å². The van der Waals surface area contributed by atoms with Crippen molar-refractivity contribution in [3.8, 4) is 0 Å². The Bertz CT molecular complexity index is 1390. The Morgan fingerprint density at radius 3 is 2.44 bits per heavy atom. The third-order valence-corrected chi connectivity index (χ3v) is 6.96. The van der Waals surface area contributed by atoms with Crippen LogP contribution in [0, 0.1) is 6.92 Å². The Hall–Kier alpha value is -3.58. The van der Waals surface area contributed by atoms with Gasteiger partial charge in [-0.1, -0.05) is 68.4 Å². The number of fused-ring (bicyclic) bond motifs is 1. The first-order valence-electron chi connectivity index (χ1n) is 11.2. The molecule has 0 aliphatic heterocycles. The summed E-state index contributed by atoms with van der Waals surface area (Å²) in [5, 5.41) is 0.352. The van der Waals surface area contributed by atoms with E-state index < -0.39 is 5.97 Å². The van der Waals surface area contributed by atoms with E-state index in [2.05, 4.69) is 18.8 Å². The zero-order chi connectivity index (χ0) is 24.2. The molecule has 0 saturated heterocycles. The quantitative estimate of drug-likeness (QED) is 0.260. The van der Waals surface area contributed by atoms with E-state index in [4.69, 9.17) is 4.74 Å². The first kappa shape index (κ1) is 23.6. The Balaban J connectivity index is 1.50. The van der Waals surface area contributed by atoms with Crippen LogP contribution >= 0.6 is 11.3 Å². The maximum Gasteiger partial charge on any atom is 0.348 e. The highest BCUT2D eigenvalue weighted by molar-refractivity contribution is 7.20. The zero-order valence-electron chi connectivity index (χ0n) is 19.4. The fourth-order valence-corrected chi connectivity index (χ4v) is 4.77. The molecular formula is C27H26N2O4S. The SMILES string of the molecule is Cc1c(C(=O)OCCc2ccccc2)sc2ncn(CC(=O)c3ccc(C(C)C)cc3)c(=O)c12. The van der Waals surface area contributed by atoms with Crippen molar-refractivity contribution in [3.05, 3.63) is 98.4 Å². The summed E-state index contributed by atoms with van der Waals surface area (Å²) in [6.45, 7) is 6.03. The molecule has 0 spiro atoms. The molecule has 0 N–H and O–H groups in total. The standard InChI is InChI=1S/C27H26N2O4S/c1-17(2)20-9-11-21(12-10-20)22(30)15-29-16-28-25-23(26(29)31)18(3)24(34-25)27(32)33-14-13-19-7-5-4-6-8-19/h4-12,16-17H,13-15H2,1-3H3. The number of ketones is 1. The topological polar surface area (TPSA) is 78.3 Å². The lowest BCUT2D eigenvalue weighted by Crippen LogP contribution is -2.24. The molecule has 34 heavy (non-hydrogen) atoms. The van der Waals surface area contributed by atoms with Crippen molar-refractivity contribution in [1.82, 2.24) is 9.55 Å². The van der Waals surface area contributed by atoms with Crippen LogP contribution in [0.5, 0.6) is 0 Å². The van der Waals surface area contributed by atoms with Gasteiger partial charge in [0.25, 0.3) is 5.56 Å². The van der Waals surface area contributed by atoms with Gasteiger partial charge in [-0.05, 0) is 29.5 Å². The molecule has 0 bridgehead atoms. The number of carbonyl (C=O) groups excluding carboxylic acids is 2. The molecule has 0 atom stereocenters. The second kappa shape index (κ2) is 10.1. The van der Waals surface area contributed by atoms with Crippen LogP contribution in [0.2, 0.25) is 0 Å². The summed E-state index contributed by atoms with van der Waals surface area (Å²) >= 11 is 1.14. The van der Waals surface area contributed by atoms with E-state index in [1.807, 2.05) is 42.5 Å². The van der Waals surface area contributed by atoms with E-state index in [1.165, 1.54) is 10.9 Å². The fourth-order valence-electron chi connectivity index (χ4n) is 3.74. The summed E-state index contributed by atoms with van der Waals surface area (Å²) in [5.74, 6) is -0.269. The second-order valence-electron chi connectivity index (χ2n) is 8.49. The maximum atomic E-state index is 13.1. The highest BCUT2D eigenvalue weighted by atomic mass is 32.1. The number of rotatable bonds is 8. The van der Waals surface area contributed by atoms with Gasteiger partial charge in [0.1, 0.15) is 9.71 Å². The molecule has 0 amide bonds. The number of carbonyl (C=O) groups is 2. The number of ether oxygens (including phenoxy) is 1. The van der Waals surface area contributed by atoms with Gasteiger partial charge in [-0.2, -0.15) is 0 Å². The van der Waals surface area contributed by atoms with Gasteiger partial charge >= 0.3 is 5.97 Å². The average Bonchev–Trinajstić information content (AvgIpc) is 3.18. The molecule has 0 aliphatic rings. The molecule has 6 nitrogen and oxygen atoms in total. The monoisotopic (exact) mass is 474 g/mol. The molecule has 2 heterocycles. The van der Waals surface area contributed by atoms with E-state index in [9.17, 15) is 14.4 Å². The van der Waals surface area contributed by atoms with Crippen molar-refractivity contribution in [1.29, 1.82) is 0 Å². The molecule has 0 saturated carbocycles. The number of benzene rings is 2. The first-order valence-corrected chi connectivity index (χ1v) is 12.0. The normalized spacial score (nSPS) is 11.2. The van der Waals surface area contributed by atoms with E-state index in [1.54, 1.807) is 19.1 Å². The van der Waals surface area contributed by atoms with Gasteiger partial charge in [0.05, 0.1) is 24.9 Å². The maximum absolute atomic E-state index is 13.1. The molecule has 2 aromatic carbocycles. The lowest BCUT2D eigenvalue weighted by atomic mass is 10.0. The van der Waals surface area contributed by atoms with Crippen molar-refractivity contribution < 1.29 is 14.3 Å². The van der Waals surface area contributed by atoms with Crippen LogP contribution in [0.3, 0.4) is 0 Å². The number of aromatic nitrogens is 2. The number of thiophene rings is 1. The lowest BCUT2D eigenvalue weighted by Gasteiger charge is -2.08. The summed E-state index contributed by atoms with van der Waals surface area (Å²) < 4.78 is 6.74. The number of Topliss-reactive ketones (excluding diaryl/α,β-unsaturated/α-hetero) is 1. The van der Waals surface area contributed by atoms with Gasteiger partial charge in [0.2, 0.25) is 0 Å². The zero-order valence-corrected chi connectivity index (χ0v) is 20.2. The molecule has 7 heteroatoms. The molecule has 174 valence electrons. The van der Waals surface area contributed by atoms with Gasteiger partial charge in [-0.25, -0.2) is 9.78 Å². The van der Waals surface area contributed by atoms with Crippen molar-refractivity contribution in [2.24, 2.45) is 0 Å². The molecular weight excluding hydrogens is 448 g/mol. The Morgan fingerprint density at radius 1 is 1.06 bits per heavy atom. The van der Waals surface area contributed by atoms with Gasteiger partial charge in [-0.15, -0.1) is 11.3 Å². The molecule has 4 aromatic rings. The minimum atomic E-state index is -0.469. The van der Waals surface area contributed by atoms with E-state index in [-0.39, 0.29) is 24.5 Å². The van der Waals surface area contributed by atoms with E-state index in [0.29, 0.717) is 38.6 Å². The van der Waals surface area contributed by atoms with Crippen LogP contribution in [-0.2, 0) is 17.7 Å². The van der Waals surface area contributed by atoms with E-state index >= 15 is 0 Å². The molecule has 0 aliphatic carbocycles. The third-order valence-electron chi connectivity index (χ3n) is 5.78. The molecule has 4 rings (SSSR count). The Morgan fingerprint density at radius 2 is 1.76 bits per heavy atom. The summed E-state index contributed by atoms with van der Waals surface area (Å²) in [7, 11) is 0. The van der Waals surface area contributed by atoms with Crippen LogP contribution in [0.15, 0.2) is 65.7 Å². The highest BCUT2D eigenvalue weighted by Gasteiger charge is 2.21. The molecule has 0 fully saturated rings. The van der Waals surface area contributed by atoms with Crippen LogP contribution in [-0.4, -0.2) is 27.9 Å². The van der Waals surface area contributed by atoms with Crippen LogP contribution in [0.1, 0.15) is 56.5 Å². The lowest BCUT2D eigenvalue weighted by molar-refractivity contribution is 0.0514. The molecule has 2 aromatic heterocycles. The number of nitrogens with zero attached hydrogens (tertiary/aromatic N) is 2. The van der Waals surface area contributed by atoms with Crippen molar-refractivity contribution in [2.75, 3.05) is 6.61 Å². The predicted octanol–water partition coefficient (Wildman–Crippen LogP) is 5.17. The van der Waals surface area contributed by atoms with Gasteiger partial charge < -0.3 is 4.74 Å². The fraction of sp³-hybridized carbons (Fsp3) is 0.259. The molecule has 0 unspecified atom stereocenters. The van der Waals surface area contributed by atoms with Gasteiger partial charge in [0, 0.05) is 12.0 Å². The molecule has 0 radical (unpaired) electrons.